The number of hydrazine groups is 1. The maximum Gasteiger partial charge on any atom is 0.276 e. The molecule has 2 N–H and O–H groups in total. The zero-order chi connectivity index (χ0) is 20.7. The van der Waals surface area contributed by atoms with Gasteiger partial charge in [0.2, 0.25) is 5.91 Å². The summed E-state index contributed by atoms with van der Waals surface area (Å²) in [4.78, 5) is 24.3. The lowest BCUT2D eigenvalue weighted by Gasteiger charge is -2.15. The number of benzene rings is 2. The molecule has 0 aliphatic carbocycles. The van der Waals surface area contributed by atoms with Crippen LogP contribution in [-0.4, -0.2) is 18.4 Å². The molecule has 1 unspecified atom stereocenters. The highest BCUT2D eigenvalue weighted by molar-refractivity contribution is 5.86. The SMILES string of the molecule is Cc1cccc(OCC(=O)NNC(=O)C(C)c2ccc(CC(C)C)cc2)c1C. The molecule has 0 spiro atoms. The van der Waals surface area contributed by atoms with Crippen molar-refractivity contribution in [2.24, 2.45) is 5.92 Å². The van der Waals surface area contributed by atoms with E-state index in [4.69, 9.17) is 4.74 Å². The van der Waals surface area contributed by atoms with Crippen LogP contribution in [0.25, 0.3) is 0 Å². The molecular formula is C23H30N2O3. The van der Waals surface area contributed by atoms with Crippen molar-refractivity contribution in [2.75, 3.05) is 6.61 Å². The van der Waals surface area contributed by atoms with Gasteiger partial charge in [-0.25, -0.2) is 0 Å². The summed E-state index contributed by atoms with van der Waals surface area (Å²) in [5.74, 6) is 0.211. The van der Waals surface area contributed by atoms with Crippen LogP contribution in [0.4, 0.5) is 0 Å². The molecule has 0 aliphatic rings. The highest BCUT2D eigenvalue weighted by Crippen LogP contribution is 2.20. The van der Waals surface area contributed by atoms with Gasteiger partial charge in [0.25, 0.3) is 5.91 Å². The molecule has 0 aliphatic heterocycles. The van der Waals surface area contributed by atoms with Gasteiger partial charge in [-0.05, 0) is 61.4 Å². The monoisotopic (exact) mass is 382 g/mol. The Labute approximate surface area is 167 Å². The van der Waals surface area contributed by atoms with Crippen LogP contribution in [-0.2, 0) is 16.0 Å². The Kier molecular flexibility index (Phi) is 7.61. The zero-order valence-corrected chi connectivity index (χ0v) is 17.3. The maximum atomic E-state index is 12.3. The average Bonchev–Trinajstić information content (AvgIpc) is 2.66. The molecule has 5 heteroatoms. The largest absolute Gasteiger partial charge is 0.483 e. The second-order valence-corrected chi connectivity index (χ2v) is 7.59. The summed E-state index contributed by atoms with van der Waals surface area (Å²) in [5.41, 5.74) is 9.14. The summed E-state index contributed by atoms with van der Waals surface area (Å²) in [7, 11) is 0. The number of hydrogen-bond acceptors (Lipinski definition) is 3. The normalized spacial score (nSPS) is 11.8. The van der Waals surface area contributed by atoms with Crippen molar-refractivity contribution in [3.05, 3.63) is 64.7 Å². The molecule has 0 saturated heterocycles. The first-order valence-corrected chi connectivity index (χ1v) is 9.64. The van der Waals surface area contributed by atoms with Crippen LogP contribution in [0, 0.1) is 19.8 Å². The van der Waals surface area contributed by atoms with Crippen LogP contribution in [0.1, 0.15) is 48.9 Å². The summed E-state index contributed by atoms with van der Waals surface area (Å²) in [5, 5.41) is 0. The second-order valence-electron chi connectivity index (χ2n) is 7.59. The molecule has 2 aromatic carbocycles. The second kappa shape index (κ2) is 9.93. The van der Waals surface area contributed by atoms with E-state index in [0.717, 1.165) is 23.1 Å². The third-order valence-corrected chi connectivity index (χ3v) is 4.76. The summed E-state index contributed by atoms with van der Waals surface area (Å²) in [6.45, 7) is 9.93. The molecule has 2 amide bonds. The van der Waals surface area contributed by atoms with Crippen LogP contribution in [0.15, 0.2) is 42.5 Å². The molecule has 5 nitrogen and oxygen atoms in total. The van der Waals surface area contributed by atoms with E-state index in [1.807, 2.05) is 51.1 Å². The minimum absolute atomic E-state index is 0.164. The first-order chi connectivity index (χ1) is 13.3. The Morgan fingerprint density at radius 1 is 0.964 bits per heavy atom. The van der Waals surface area contributed by atoms with Gasteiger partial charge in [0.15, 0.2) is 6.61 Å². The van der Waals surface area contributed by atoms with Gasteiger partial charge in [-0.2, -0.15) is 0 Å². The predicted octanol–water partition coefficient (Wildman–Crippen LogP) is 3.83. The van der Waals surface area contributed by atoms with Crippen molar-refractivity contribution in [1.82, 2.24) is 10.9 Å². The van der Waals surface area contributed by atoms with Crippen LogP contribution < -0.4 is 15.6 Å². The number of carbonyl (C=O) groups is 2. The van der Waals surface area contributed by atoms with E-state index < -0.39 is 5.91 Å². The summed E-state index contributed by atoms with van der Waals surface area (Å²) in [6, 6.07) is 13.7. The van der Waals surface area contributed by atoms with Crippen molar-refractivity contribution in [3.63, 3.8) is 0 Å². The standard InChI is InChI=1S/C23H30N2O3/c1-15(2)13-19-9-11-20(12-10-19)18(5)23(27)25-24-22(26)14-28-21-8-6-7-16(3)17(21)4/h6-12,15,18H,13-14H2,1-5H3,(H,24,26)(H,25,27). The van der Waals surface area contributed by atoms with E-state index in [-0.39, 0.29) is 18.4 Å². The van der Waals surface area contributed by atoms with Crippen molar-refractivity contribution in [2.45, 2.75) is 47.0 Å². The van der Waals surface area contributed by atoms with Crippen molar-refractivity contribution in [3.8, 4) is 5.75 Å². The van der Waals surface area contributed by atoms with E-state index in [1.165, 1.54) is 5.56 Å². The molecule has 0 radical (unpaired) electrons. The van der Waals surface area contributed by atoms with Gasteiger partial charge in [0, 0.05) is 0 Å². The number of nitrogens with one attached hydrogen (secondary N) is 2. The molecule has 0 saturated carbocycles. The molecule has 28 heavy (non-hydrogen) atoms. The highest BCUT2D eigenvalue weighted by Gasteiger charge is 2.16. The van der Waals surface area contributed by atoms with Crippen molar-refractivity contribution < 1.29 is 14.3 Å². The maximum absolute atomic E-state index is 12.3. The number of carbonyl (C=O) groups excluding carboxylic acids is 2. The van der Waals surface area contributed by atoms with E-state index in [1.54, 1.807) is 0 Å². The predicted molar refractivity (Wildman–Crippen MR) is 111 cm³/mol. The number of hydrogen-bond donors (Lipinski definition) is 2. The fraction of sp³-hybridized carbons (Fsp3) is 0.391. The molecule has 0 fully saturated rings. The molecule has 2 aromatic rings. The fourth-order valence-electron chi connectivity index (χ4n) is 2.86. The fourth-order valence-corrected chi connectivity index (χ4v) is 2.86. The quantitative estimate of drug-likeness (QED) is 0.715. The third-order valence-electron chi connectivity index (χ3n) is 4.76. The minimum Gasteiger partial charge on any atom is -0.483 e. The lowest BCUT2D eigenvalue weighted by Crippen LogP contribution is -2.45. The Bertz CT molecular complexity index is 813. The van der Waals surface area contributed by atoms with Gasteiger partial charge in [-0.1, -0.05) is 50.2 Å². The molecule has 0 heterocycles. The summed E-state index contributed by atoms with van der Waals surface area (Å²) >= 11 is 0. The van der Waals surface area contributed by atoms with Gasteiger partial charge in [0.05, 0.1) is 5.92 Å². The van der Waals surface area contributed by atoms with Gasteiger partial charge in [0.1, 0.15) is 5.75 Å². The number of rotatable bonds is 7. The molecule has 1 atom stereocenters. The molecule has 0 aromatic heterocycles. The Balaban J connectivity index is 1.82. The topological polar surface area (TPSA) is 67.4 Å². The highest BCUT2D eigenvalue weighted by atomic mass is 16.5. The summed E-state index contributed by atoms with van der Waals surface area (Å²) in [6.07, 6.45) is 1.01. The van der Waals surface area contributed by atoms with E-state index in [9.17, 15) is 9.59 Å². The van der Waals surface area contributed by atoms with E-state index >= 15 is 0 Å². The molecule has 0 bridgehead atoms. The van der Waals surface area contributed by atoms with Crippen LogP contribution >= 0.6 is 0 Å². The Morgan fingerprint density at radius 3 is 2.29 bits per heavy atom. The third kappa shape index (κ3) is 6.12. The summed E-state index contributed by atoms with van der Waals surface area (Å²) < 4.78 is 5.54. The Hall–Kier alpha value is -2.82. The number of ether oxygens (including phenoxy) is 1. The lowest BCUT2D eigenvalue weighted by atomic mass is 9.96. The number of amides is 2. The van der Waals surface area contributed by atoms with Crippen LogP contribution in [0.5, 0.6) is 5.75 Å². The van der Waals surface area contributed by atoms with Gasteiger partial charge >= 0.3 is 0 Å². The van der Waals surface area contributed by atoms with Crippen LogP contribution in [0.2, 0.25) is 0 Å². The molecular weight excluding hydrogens is 352 g/mol. The minimum atomic E-state index is -0.409. The smallest absolute Gasteiger partial charge is 0.276 e. The average molecular weight is 383 g/mol. The Morgan fingerprint density at radius 2 is 1.64 bits per heavy atom. The molecule has 2 rings (SSSR count). The van der Waals surface area contributed by atoms with Gasteiger partial charge in [-0.3, -0.25) is 20.4 Å². The molecule has 150 valence electrons. The van der Waals surface area contributed by atoms with E-state index in [0.29, 0.717) is 11.7 Å². The number of aryl methyl sites for hydroxylation is 1. The van der Waals surface area contributed by atoms with Gasteiger partial charge in [-0.15, -0.1) is 0 Å². The zero-order valence-electron chi connectivity index (χ0n) is 17.3. The first kappa shape index (κ1) is 21.5. The van der Waals surface area contributed by atoms with E-state index in [2.05, 4.69) is 36.8 Å². The van der Waals surface area contributed by atoms with Crippen molar-refractivity contribution in [1.29, 1.82) is 0 Å². The van der Waals surface area contributed by atoms with Crippen LogP contribution in [0.3, 0.4) is 0 Å². The van der Waals surface area contributed by atoms with Crippen molar-refractivity contribution >= 4 is 11.8 Å². The van der Waals surface area contributed by atoms with Gasteiger partial charge < -0.3 is 4.74 Å². The first-order valence-electron chi connectivity index (χ1n) is 9.64. The lowest BCUT2D eigenvalue weighted by molar-refractivity contribution is -0.130.